The summed E-state index contributed by atoms with van der Waals surface area (Å²) < 4.78 is 1.63. The Morgan fingerprint density at radius 2 is 1.81 bits per heavy atom. The maximum atomic E-state index is 12.3. The first-order valence-corrected chi connectivity index (χ1v) is 8.80. The number of benzene rings is 2. The monoisotopic (exact) mass is 408 g/mol. The SMILES string of the molecule is NC(=O)C(CI)(c1ccccc1)c1nc2ccccc2s1. The number of alkyl halides is 1. The van der Waals surface area contributed by atoms with Gasteiger partial charge in [-0.3, -0.25) is 4.79 Å². The Morgan fingerprint density at radius 3 is 2.43 bits per heavy atom. The quantitative estimate of drug-likeness (QED) is 0.531. The Morgan fingerprint density at radius 1 is 1.14 bits per heavy atom. The van der Waals surface area contributed by atoms with Crippen LogP contribution in [0.25, 0.3) is 10.2 Å². The highest BCUT2D eigenvalue weighted by molar-refractivity contribution is 14.1. The summed E-state index contributed by atoms with van der Waals surface area (Å²) in [5.74, 6) is -0.359. The number of hydrogen-bond donors (Lipinski definition) is 1. The number of nitrogens with two attached hydrogens (primary N) is 1. The van der Waals surface area contributed by atoms with Crippen molar-refractivity contribution in [2.24, 2.45) is 5.73 Å². The fourth-order valence-corrected chi connectivity index (χ4v) is 4.97. The molecule has 1 unspecified atom stereocenters. The number of halogens is 1. The molecule has 0 aliphatic heterocycles. The smallest absolute Gasteiger partial charge is 0.235 e. The number of aromatic nitrogens is 1. The molecule has 0 radical (unpaired) electrons. The lowest BCUT2D eigenvalue weighted by molar-refractivity contribution is -0.121. The van der Waals surface area contributed by atoms with E-state index in [0.717, 1.165) is 20.8 Å². The lowest BCUT2D eigenvalue weighted by Gasteiger charge is -2.26. The fraction of sp³-hybridized carbons (Fsp3) is 0.125. The molecule has 2 N–H and O–H groups in total. The third-order valence-electron chi connectivity index (χ3n) is 3.55. The van der Waals surface area contributed by atoms with Crippen LogP contribution in [0.5, 0.6) is 0 Å². The van der Waals surface area contributed by atoms with Crippen LogP contribution in [-0.2, 0) is 10.2 Å². The topological polar surface area (TPSA) is 56.0 Å². The Kier molecular flexibility index (Phi) is 3.95. The Balaban J connectivity index is 2.27. The minimum absolute atomic E-state index is 0.359. The molecule has 1 aromatic heterocycles. The molecule has 106 valence electrons. The zero-order valence-electron chi connectivity index (χ0n) is 11.1. The number of primary amides is 1. The average Bonchev–Trinajstić information content (AvgIpc) is 2.93. The molecule has 1 amide bonds. The first kappa shape index (κ1) is 14.5. The van der Waals surface area contributed by atoms with Gasteiger partial charge in [-0.05, 0) is 17.7 Å². The van der Waals surface area contributed by atoms with Crippen molar-refractivity contribution in [3.05, 3.63) is 65.2 Å². The minimum atomic E-state index is -0.870. The van der Waals surface area contributed by atoms with E-state index in [1.165, 1.54) is 11.3 Å². The molecule has 0 fully saturated rings. The Labute approximate surface area is 140 Å². The summed E-state index contributed by atoms with van der Waals surface area (Å²) in [5, 5.41) is 0.761. The fourth-order valence-electron chi connectivity index (χ4n) is 2.35. The van der Waals surface area contributed by atoms with Gasteiger partial charge < -0.3 is 5.73 Å². The number of carbonyl (C=O) groups is 1. The molecule has 21 heavy (non-hydrogen) atoms. The van der Waals surface area contributed by atoms with Crippen molar-refractivity contribution in [1.29, 1.82) is 0 Å². The highest BCUT2D eigenvalue weighted by Crippen LogP contribution is 2.38. The van der Waals surface area contributed by atoms with Gasteiger partial charge in [0, 0.05) is 4.43 Å². The third kappa shape index (κ3) is 2.34. The van der Waals surface area contributed by atoms with Crippen molar-refractivity contribution in [2.75, 3.05) is 4.43 Å². The number of fused-ring (bicyclic) bond motifs is 1. The number of carbonyl (C=O) groups excluding carboxylic acids is 1. The minimum Gasteiger partial charge on any atom is -0.369 e. The number of amides is 1. The van der Waals surface area contributed by atoms with Gasteiger partial charge in [0.15, 0.2) is 0 Å². The van der Waals surface area contributed by atoms with Crippen molar-refractivity contribution in [3.8, 4) is 0 Å². The van der Waals surface area contributed by atoms with Gasteiger partial charge in [-0.25, -0.2) is 4.98 Å². The number of nitrogens with zero attached hydrogens (tertiary/aromatic N) is 1. The van der Waals surface area contributed by atoms with Gasteiger partial charge in [-0.2, -0.15) is 0 Å². The van der Waals surface area contributed by atoms with Gasteiger partial charge in [0.25, 0.3) is 0 Å². The predicted octanol–water partition coefficient (Wildman–Crippen LogP) is 3.50. The first-order chi connectivity index (χ1) is 10.2. The summed E-state index contributed by atoms with van der Waals surface area (Å²) in [6.45, 7) is 0. The highest BCUT2D eigenvalue weighted by atomic mass is 127. The normalized spacial score (nSPS) is 14.0. The van der Waals surface area contributed by atoms with Crippen molar-refractivity contribution in [2.45, 2.75) is 5.41 Å². The number of para-hydroxylation sites is 1. The van der Waals surface area contributed by atoms with Gasteiger partial charge in [-0.15, -0.1) is 11.3 Å². The van der Waals surface area contributed by atoms with E-state index >= 15 is 0 Å². The lowest BCUT2D eigenvalue weighted by atomic mass is 9.82. The molecule has 0 aliphatic carbocycles. The lowest BCUT2D eigenvalue weighted by Crippen LogP contribution is -2.43. The van der Waals surface area contributed by atoms with Crippen LogP contribution in [0.15, 0.2) is 54.6 Å². The van der Waals surface area contributed by atoms with E-state index in [1.54, 1.807) is 0 Å². The van der Waals surface area contributed by atoms with Gasteiger partial charge in [0.1, 0.15) is 10.4 Å². The number of thiazole rings is 1. The molecule has 1 atom stereocenters. The average molecular weight is 408 g/mol. The molecular formula is C16H13IN2OS. The maximum absolute atomic E-state index is 12.3. The van der Waals surface area contributed by atoms with Gasteiger partial charge in [-0.1, -0.05) is 65.1 Å². The van der Waals surface area contributed by atoms with E-state index in [4.69, 9.17) is 5.73 Å². The van der Waals surface area contributed by atoms with Crippen LogP contribution in [0.2, 0.25) is 0 Å². The van der Waals surface area contributed by atoms with Crippen molar-refractivity contribution < 1.29 is 4.79 Å². The van der Waals surface area contributed by atoms with Crippen LogP contribution < -0.4 is 5.73 Å². The van der Waals surface area contributed by atoms with Crippen LogP contribution in [0.1, 0.15) is 10.6 Å². The Bertz CT molecular complexity index is 754. The second kappa shape index (κ2) is 5.73. The molecule has 3 aromatic rings. The second-order valence-electron chi connectivity index (χ2n) is 4.76. The molecule has 2 aromatic carbocycles. The van der Waals surface area contributed by atoms with Gasteiger partial charge in [0.05, 0.1) is 10.2 Å². The molecule has 3 nitrogen and oxygen atoms in total. The molecule has 5 heteroatoms. The van der Waals surface area contributed by atoms with Crippen molar-refractivity contribution in [1.82, 2.24) is 4.98 Å². The first-order valence-electron chi connectivity index (χ1n) is 6.46. The molecule has 0 saturated carbocycles. The van der Waals surface area contributed by atoms with E-state index in [1.807, 2.05) is 54.6 Å². The highest BCUT2D eigenvalue weighted by Gasteiger charge is 2.42. The summed E-state index contributed by atoms with van der Waals surface area (Å²) in [6.07, 6.45) is 0. The van der Waals surface area contributed by atoms with Crippen LogP contribution in [0, 0.1) is 0 Å². The van der Waals surface area contributed by atoms with Crippen molar-refractivity contribution in [3.63, 3.8) is 0 Å². The van der Waals surface area contributed by atoms with E-state index in [0.29, 0.717) is 4.43 Å². The summed E-state index contributed by atoms with van der Waals surface area (Å²) in [5.41, 5.74) is 6.72. The van der Waals surface area contributed by atoms with Crippen LogP contribution in [0.3, 0.4) is 0 Å². The van der Waals surface area contributed by atoms with Crippen LogP contribution >= 0.6 is 33.9 Å². The molecule has 0 aliphatic rings. The summed E-state index contributed by atoms with van der Waals surface area (Å²) in [7, 11) is 0. The van der Waals surface area contributed by atoms with Crippen LogP contribution in [-0.4, -0.2) is 15.3 Å². The zero-order chi connectivity index (χ0) is 14.9. The van der Waals surface area contributed by atoms with E-state index < -0.39 is 5.41 Å². The molecule has 0 bridgehead atoms. The second-order valence-corrected chi connectivity index (χ2v) is 6.55. The summed E-state index contributed by atoms with van der Waals surface area (Å²) in [4.78, 5) is 17.0. The van der Waals surface area contributed by atoms with Gasteiger partial charge >= 0.3 is 0 Å². The summed E-state index contributed by atoms with van der Waals surface area (Å²) in [6, 6.07) is 17.6. The molecular weight excluding hydrogens is 395 g/mol. The summed E-state index contributed by atoms with van der Waals surface area (Å²) >= 11 is 3.75. The van der Waals surface area contributed by atoms with Crippen molar-refractivity contribution >= 4 is 50.1 Å². The number of hydrogen-bond acceptors (Lipinski definition) is 3. The molecule has 0 saturated heterocycles. The van der Waals surface area contributed by atoms with E-state index in [2.05, 4.69) is 27.6 Å². The molecule has 1 heterocycles. The largest absolute Gasteiger partial charge is 0.369 e. The molecule has 0 spiro atoms. The van der Waals surface area contributed by atoms with E-state index in [-0.39, 0.29) is 5.91 Å². The third-order valence-corrected chi connectivity index (χ3v) is 5.89. The predicted molar refractivity (Wildman–Crippen MR) is 94.9 cm³/mol. The zero-order valence-corrected chi connectivity index (χ0v) is 14.1. The number of rotatable bonds is 4. The van der Waals surface area contributed by atoms with E-state index in [9.17, 15) is 4.79 Å². The standard InChI is InChI=1S/C16H13IN2OS/c17-10-16(14(18)20,11-6-2-1-3-7-11)15-19-12-8-4-5-9-13(12)21-15/h1-9H,10H2,(H2,18,20). The Hall–Kier alpha value is -1.47. The van der Waals surface area contributed by atoms with Crippen LogP contribution in [0.4, 0.5) is 0 Å². The molecule has 3 rings (SSSR count). The maximum Gasteiger partial charge on any atom is 0.235 e. The van der Waals surface area contributed by atoms with Gasteiger partial charge in [0.2, 0.25) is 5.91 Å².